The van der Waals surface area contributed by atoms with Crippen LogP contribution in [-0.2, 0) is 5.54 Å². The molecule has 1 heterocycles. The Balaban J connectivity index is 3.37. The molecule has 14 heavy (non-hydrogen) atoms. The Morgan fingerprint density at radius 3 is 2.21 bits per heavy atom. The summed E-state index contributed by atoms with van der Waals surface area (Å²) in [6.45, 7) is 5.41. The minimum Gasteiger partial charge on any atom is -0.256 e. The smallest absolute Gasteiger partial charge is 0.256 e. The third kappa shape index (κ3) is 2.18. The van der Waals surface area contributed by atoms with Crippen LogP contribution in [0.5, 0.6) is 0 Å². The second kappa shape index (κ2) is 3.92. The molecular formula is C8H10ClF2IN2. The van der Waals surface area contributed by atoms with Crippen LogP contribution in [-0.4, -0.2) is 9.78 Å². The van der Waals surface area contributed by atoms with E-state index in [1.54, 1.807) is 43.4 Å². The number of halogens is 4. The van der Waals surface area contributed by atoms with Crippen LogP contribution >= 0.6 is 34.2 Å². The number of rotatable bonds is 1. The Morgan fingerprint density at radius 2 is 1.93 bits per heavy atom. The lowest BCUT2D eigenvalue weighted by atomic mass is 10.1. The number of hydrogen-bond donors (Lipinski definition) is 0. The van der Waals surface area contributed by atoms with Crippen molar-refractivity contribution in [2.24, 2.45) is 0 Å². The fourth-order valence-electron chi connectivity index (χ4n) is 1.08. The van der Waals surface area contributed by atoms with Gasteiger partial charge in [0.1, 0.15) is 5.69 Å². The van der Waals surface area contributed by atoms with E-state index in [2.05, 4.69) is 5.10 Å². The third-order valence-corrected chi connectivity index (χ3v) is 3.31. The minimum atomic E-state index is -2.55. The lowest BCUT2D eigenvalue weighted by molar-refractivity contribution is 0.129. The highest BCUT2D eigenvalue weighted by Gasteiger charge is 2.28. The van der Waals surface area contributed by atoms with Gasteiger partial charge in [-0.25, -0.2) is 8.78 Å². The molecule has 2 nitrogen and oxygen atoms in total. The first-order chi connectivity index (χ1) is 6.25. The molecule has 0 amide bonds. The maximum atomic E-state index is 12.7. The standard InChI is InChI=1S/C8H10ClF2IN2/c1-8(2,3)14-5(7(10)11)4(12)6(9)13-14/h7H,1-3H3. The van der Waals surface area contributed by atoms with Crippen LogP contribution in [0.2, 0.25) is 5.15 Å². The van der Waals surface area contributed by atoms with E-state index in [9.17, 15) is 8.78 Å². The van der Waals surface area contributed by atoms with Gasteiger partial charge in [-0.3, -0.25) is 4.68 Å². The van der Waals surface area contributed by atoms with Gasteiger partial charge in [-0.1, -0.05) is 11.6 Å². The van der Waals surface area contributed by atoms with E-state index < -0.39 is 12.0 Å². The van der Waals surface area contributed by atoms with Gasteiger partial charge in [0.2, 0.25) is 0 Å². The second-order valence-corrected chi connectivity index (χ2v) is 5.31. The summed E-state index contributed by atoms with van der Waals surface area (Å²) in [6, 6.07) is 0. The molecule has 1 rings (SSSR count). The summed E-state index contributed by atoms with van der Waals surface area (Å²) in [4.78, 5) is 0. The van der Waals surface area contributed by atoms with Crippen molar-refractivity contribution in [1.82, 2.24) is 9.78 Å². The summed E-state index contributed by atoms with van der Waals surface area (Å²) >= 11 is 7.50. The molecule has 0 saturated carbocycles. The van der Waals surface area contributed by atoms with Gasteiger partial charge in [0.05, 0.1) is 9.11 Å². The summed E-state index contributed by atoms with van der Waals surface area (Å²) in [5.41, 5.74) is -0.596. The van der Waals surface area contributed by atoms with Crippen LogP contribution in [0.15, 0.2) is 0 Å². The van der Waals surface area contributed by atoms with Crippen LogP contribution < -0.4 is 0 Å². The van der Waals surface area contributed by atoms with E-state index in [1.807, 2.05) is 0 Å². The van der Waals surface area contributed by atoms with Crippen molar-refractivity contribution in [2.75, 3.05) is 0 Å². The largest absolute Gasteiger partial charge is 0.281 e. The molecule has 0 aromatic carbocycles. The molecule has 0 saturated heterocycles. The molecule has 0 spiro atoms. The van der Waals surface area contributed by atoms with E-state index in [0.717, 1.165) is 0 Å². The van der Waals surface area contributed by atoms with E-state index in [-0.39, 0.29) is 10.8 Å². The number of aromatic nitrogens is 2. The molecule has 0 N–H and O–H groups in total. The Bertz CT molecular complexity index is 344. The van der Waals surface area contributed by atoms with E-state index >= 15 is 0 Å². The molecule has 0 unspecified atom stereocenters. The summed E-state index contributed by atoms with van der Waals surface area (Å²) in [5.74, 6) is 0. The zero-order valence-electron chi connectivity index (χ0n) is 7.98. The fourth-order valence-corrected chi connectivity index (χ4v) is 1.83. The maximum absolute atomic E-state index is 12.7. The van der Waals surface area contributed by atoms with Crippen molar-refractivity contribution in [1.29, 1.82) is 0 Å². The Kier molecular flexibility index (Phi) is 3.41. The normalized spacial score (nSPS) is 12.6. The third-order valence-electron chi connectivity index (χ3n) is 1.66. The first kappa shape index (κ1) is 12.2. The van der Waals surface area contributed by atoms with Gasteiger partial charge in [0, 0.05) is 0 Å². The highest BCUT2D eigenvalue weighted by atomic mass is 127. The lowest BCUT2D eigenvalue weighted by Gasteiger charge is -2.22. The molecule has 1 aromatic rings. The fraction of sp³-hybridized carbons (Fsp3) is 0.625. The lowest BCUT2D eigenvalue weighted by Crippen LogP contribution is -2.25. The van der Waals surface area contributed by atoms with E-state index in [1.165, 1.54) is 4.68 Å². The van der Waals surface area contributed by atoms with Crippen molar-refractivity contribution in [3.05, 3.63) is 14.4 Å². The molecule has 0 aliphatic carbocycles. The Morgan fingerprint density at radius 1 is 1.43 bits per heavy atom. The van der Waals surface area contributed by atoms with Gasteiger partial charge in [-0.05, 0) is 43.4 Å². The van der Waals surface area contributed by atoms with Gasteiger partial charge < -0.3 is 0 Å². The average molecular weight is 335 g/mol. The monoisotopic (exact) mass is 334 g/mol. The quantitative estimate of drug-likeness (QED) is 0.714. The molecule has 0 aliphatic heterocycles. The summed E-state index contributed by atoms with van der Waals surface area (Å²) in [7, 11) is 0. The van der Waals surface area contributed by atoms with Crippen molar-refractivity contribution in [3.63, 3.8) is 0 Å². The van der Waals surface area contributed by atoms with Crippen LogP contribution in [0.1, 0.15) is 32.9 Å². The van der Waals surface area contributed by atoms with Crippen molar-refractivity contribution < 1.29 is 8.78 Å². The van der Waals surface area contributed by atoms with Crippen LogP contribution in [0.3, 0.4) is 0 Å². The average Bonchev–Trinajstić information content (AvgIpc) is 2.27. The molecule has 1 aromatic heterocycles. The molecular weight excluding hydrogens is 324 g/mol. The molecule has 0 bridgehead atoms. The SMILES string of the molecule is CC(C)(C)n1nc(Cl)c(I)c1C(F)F. The van der Waals surface area contributed by atoms with Gasteiger partial charge in [-0.2, -0.15) is 5.10 Å². The minimum absolute atomic E-state index is 0.108. The van der Waals surface area contributed by atoms with Crippen molar-refractivity contribution in [2.45, 2.75) is 32.7 Å². The van der Waals surface area contributed by atoms with E-state index in [0.29, 0.717) is 3.57 Å². The van der Waals surface area contributed by atoms with Gasteiger partial charge in [0.15, 0.2) is 5.15 Å². The predicted molar refractivity (Wildman–Crippen MR) is 59.9 cm³/mol. The van der Waals surface area contributed by atoms with Crippen molar-refractivity contribution in [3.8, 4) is 0 Å². The maximum Gasteiger partial charge on any atom is 0.281 e. The molecule has 0 aliphatic rings. The van der Waals surface area contributed by atoms with Crippen LogP contribution in [0, 0.1) is 3.57 Å². The summed E-state index contributed by atoms with van der Waals surface area (Å²) in [6.07, 6.45) is -2.55. The number of hydrogen-bond acceptors (Lipinski definition) is 1. The van der Waals surface area contributed by atoms with E-state index in [4.69, 9.17) is 11.6 Å². The first-order valence-corrected chi connectivity index (χ1v) is 5.43. The molecule has 0 fully saturated rings. The number of alkyl halides is 2. The van der Waals surface area contributed by atoms with Crippen molar-refractivity contribution >= 4 is 34.2 Å². The topological polar surface area (TPSA) is 17.8 Å². The molecule has 6 heteroatoms. The first-order valence-electron chi connectivity index (χ1n) is 3.97. The predicted octanol–water partition coefficient (Wildman–Crippen LogP) is 3.83. The Hall–Kier alpha value is 0.0900. The highest BCUT2D eigenvalue weighted by Crippen LogP contribution is 2.32. The van der Waals surface area contributed by atoms with Gasteiger partial charge >= 0.3 is 0 Å². The highest BCUT2D eigenvalue weighted by molar-refractivity contribution is 14.1. The summed E-state index contributed by atoms with van der Waals surface area (Å²) in [5, 5.41) is 4.03. The molecule has 0 atom stereocenters. The van der Waals surface area contributed by atoms with Crippen LogP contribution in [0.25, 0.3) is 0 Å². The summed E-state index contributed by atoms with van der Waals surface area (Å²) < 4.78 is 27.0. The Labute approximate surface area is 99.8 Å². The zero-order chi connectivity index (χ0) is 11.1. The van der Waals surface area contributed by atoms with Crippen LogP contribution in [0.4, 0.5) is 8.78 Å². The molecule has 80 valence electrons. The molecule has 0 radical (unpaired) electrons. The zero-order valence-corrected chi connectivity index (χ0v) is 10.9. The number of nitrogens with zero attached hydrogens (tertiary/aromatic N) is 2. The van der Waals surface area contributed by atoms with Gasteiger partial charge in [-0.15, -0.1) is 0 Å². The van der Waals surface area contributed by atoms with Gasteiger partial charge in [0.25, 0.3) is 6.43 Å². The second-order valence-electron chi connectivity index (χ2n) is 3.87.